The topological polar surface area (TPSA) is 95.5 Å². The molecule has 0 aliphatic carbocycles. The molecular weight excluding hydrogens is 449 g/mol. The molecule has 0 spiro atoms. The largest absolute Gasteiger partial charge is 0.356 e. The predicted molar refractivity (Wildman–Crippen MR) is 107 cm³/mol. The van der Waals surface area contributed by atoms with Crippen LogP contribution in [0.4, 0.5) is 0 Å². The summed E-state index contributed by atoms with van der Waals surface area (Å²) in [5.41, 5.74) is 0. The Morgan fingerprint density at radius 3 is 2.61 bits per heavy atom. The lowest BCUT2D eigenvalue weighted by Gasteiger charge is -2.11. The Labute approximate surface area is 159 Å². The molecule has 1 rings (SSSR count). The van der Waals surface area contributed by atoms with E-state index in [4.69, 9.17) is 0 Å². The number of thiazole rings is 1. The number of hydrogen-bond donors (Lipinski definition) is 3. The summed E-state index contributed by atoms with van der Waals surface area (Å²) in [6, 6.07) is 0. The molecule has 1 heterocycles. The molecule has 10 heteroatoms. The van der Waals surface area contributed by atoms with Crippen molar-refractivity contribution < 1.29 is 8.42 Å². The Hall–Kier alpha value is -0.460. The number of guanidine groups is 1. The van der Waals surface area contributed by atoms with Gasteiger partial charge in [0.15, 0.2) is 5.96 Å². The average molecular weight is 475 g/mol. The van der Waals surface area contributed by atoms with Crippen molar-refractivity contribution in [2.24, 2.45) is 4.99 Å². The molecule has 0 saturated heterocycles. The maximum atomic E-state index is 11.3. The Kier molecular flexibility index (Phi) is 11.7. The summed E-state index contributed by atoms with van der Waals surface area (Å²) < 4.78 is 25.1. The maximum Gasteiger partial charge on any atom is 0.211 e. The van der Waals surface area contributed by atoms with E-state index >= 15 is 0 Å². The van der Waals surface area contributed by atoms with E-state index in [1.165, 1.54) is 4.88 Å². The van der Waals surface area contributed by atoms with Crippen LogP contribution in [0.1, 0.15) is 30.2 Å². The maximum absolute atomic E-state index is 11.3. The molecule has 0 unspecified atom stereocenters. The molecule has 0 amide bonds. The number of nitrogens with one attached hydrogen (secondary N) is 3. The van der Waals surface area contributed by atoms with Gasteiger partial charge in [0.05, 0.1) is 12.3 Å². The summed E-state index contributed by atoms with van der Waals surface area (Å²) in [5.74, 6) is 0.795. The minimum absolute atomic E-state index is 0. The molecule has 1 aromatic rings. The first-order valence-electron chi connectivity index (χ1n) is 7.36. The minimum atomic E-state index is -3.10. The standard InChI is InChI=1S/C13H25N5O2S2.HI/c1-4-11-9-16-12(21-11)10-17-13(14-3)15-7-6-8-18-22(19,20)5-2;/h9,18H,4-8,10H2,1-3H3,(H2,14,15,17);1H. The van der Waals surface area contributed by atoms with Gasteiger partial charge in [0.1, 0.15) is 5.01 Å². The van der Waals surface area contributed by atoms with Gasteiger partial charge in [-0.15, -0.1) is 35.3 Å². The van der Waals surface area contributed by atoms with Gasteiger partial charge in [-0.25, -0.2) is 18.1 Å². The number of sulfonamides is 1. The zero-order chi connectivity index (χ0) is 16.4. The van der Waals surface area contributed by atoms with Crippen molar-refractivity contribution in [1.29, 1.82) is 0 Å². The van der Waals surface area contributed by atoms with E-state index in [1.807, 2.05) is 6.20 Å². The number of aromatic nitrogens is 1. The fourth-order valence-corrected chi connectivity index (χ4v) is 3.06. The van der Waals surface area contributed by atoms with Gasteiger partial charge in [0.2, 0.25) is 10.0 Å². The molecule has 1 aromatic heterocycles. The fraction of sp³-hybridized carbons (Fsp3) is 0.692. The number of hydrogen-bond acceptors (Lipinski definition) is 5. The zero-order valence-corrected chi connectivity index (χ0v) is 17.7. The van der Waals surface area contributed by atoms with Crippen molar-refractivity contribution >= 4 is 51.3 Å². The number of rotatable bonds is 9. The van der Waals surface area contributed by atoms with Crippen molar-refractivity contribution in [3.8, 4) is 0 Å². The van der Waals surface area contributed by atoms with Crippen LogP contribution in [0.2, 0.25) is 0 Å². The van der Waals surface area contributed by atoms with Crippen molar-refractivity contribution in [2.45, 2.75) is 33.2 Å². The first-order valence-corrected chi connectivity index (χ1v) is 9.83. The van der Waals surface area contributed by atoms with Crippen LogP contribution in [0.15, 0.2) is 11.2 Å². The van der Waals surface area contributed by atoms with E-state index < -0.39 is 10.0 Å². The second-order valence-electron chi connectivity index (χ2n) is 4.58. The van der Waals surface area contributed by atoms with E-state index in [2.05, 4.69) is 32.3 Å². The van der Waals surface area contributed by atoms with Crippen LogP contribution in [0.3, 0.4) is 0 Å². The third-order valence-electron chi connectivity index (χ3n) is 2.93. The molecule has 3 N–H and O–H groups in total. The molecule has 0 aliphatic heterocycles. The minimum Gasteiger partial charge on any atom is -0.356 e. The van der Waals surface area contributed by atoms with Crippen molar-refractivity contribution in [3.05, 3.63) is 16.1 Å². The van der Waals surface area contributed by atoms with E-state index in [9.17, 15) is 8.42 Å². The fourth-order valence-electron chi connectivity index (χ4n) is 1.60. The van der Waals surface area contributed by atoms with Gasteiger partial charge in [-0.1, -0.05) is 6.92 Å². The molecule has 23 heavy (non-hydrogen) atoms. The third-order valence-corrected chi connectivity index (χ3v) is 5.47. The van der Waals surface area contributed by atoms with E-state index in [-0.39, 0.29) is 29.7 Å². The van der Waals surface area contributed by atoms with Crippen LogP contribution in [0, 0.1) is 0 Å². The number of halogens is 1. The third kappa shape index (κ3) is 9.42. The van der Waals surface area contributed by atoms with Crippen LogP contribution in [0.5, 0.6) is 0 Å². The SMILES string of the molecule is CCc1cnc(CNC(=NC)NCCCNS(=O)(=O)CC)s1.I. The molecule has 0 aliphatic rings. The summed E-state index contributed by atoms with van der Waals surface area (Å²) in [7, 11) is -1.40. The first-order chi connectivity index (χ1) is 10.5. The summed E-state index contributed by atoms with van der Waals surface area (Å²) in [4.78, 5) is 9.73. The number of nitrogens with zero attached hydrogens (tertiary/aromatic N) is 2. The highest BCUT2D eigenvalue weighted by molar-refractivity contribution is 14.0. The van der Waals surface area contributed by atoms with E-state index in [1.54, 1.807) is 25.3 Å². The van der Waals surface area contributed by atoms with Crippen molar-refractivity contribution in [2.75, 3.05) is 25.9 Å². The monoisotopic (exact) mass is 475 g/mol. The predicted octanol–water partition coefficient (Wildman–Crippen LogP) is 1.32. The van der Waals surface area contributed by atoms with Gasteiger partial charge < -0.3 is 10.6 Å². The normalized spacial score (nSPS) is 11.9. The molecule has 0 bridgehead atoms. The lowest BCUT2D eigenvalue weighted by atomic mass is 10.4. The molecule has 0 saturated carbocycles. The molecule has 0 atom stereocenters. The van der Waals surface area contributed by atoms with Gasteiger partial charge in [-0.2, -0.15) is 0 Å². The van der Waals surface area contributed by atoms with Gasteiger partial charge in [-0.3, -0.25) is 4.99 Å². The van der Waals surface area contributed by atoms with E-state index in [0.29, 0.717) is 32.0 Å². The lowest BCUT2D eigenvalue weighted by Crippen LogP contribution is -2.38. The first kappa shape index (κ1) is 22.5. The van der Waals surface area contributed by atoms with Crippen LogP contribution in [0.25, 0.3) is 0 Å². The van der Waals surface area contributed by atoms with Gasteiger partial charge >= 0.3 is 0 Å². The van der Waals surface area contributed by atoms with E-state index in [0.717, 1.165) is 11.4 Å². The zero-order valence-electron chi connectivity index (χ0n) is 13.8. The molecule has 0 radical (unpaired) electrons. The molecular formula is C13H26IN5O2S2. The summed E-state index contributed by atoms with van der Waals surface area (Å²) in [5, 5.41) is 7.36. The summed E-state index contributed by atoms with van der Waals surface area (Å²) in [6.07, 6.45) is 3.59. The lowest BCUT2D eigenvalue weighted by molar-refractivity contribution is 0.579. The average Bonchev–Trinajstić information content (AvgIpc) is 2.98. The Bertz CT molecular complexity index is 575. The second-order valence-corrected chi connectivity index (χ2v) is 7.87. The molecule has 0 aromatic carbocycles. The molecule has 0 fully saturated rings. The van der Waals surface area contributed by atoms with Crippen molar-refractivity contribution in [3.63, 3.8) is 0 Å². The van der Waals surface area contributed by atoms with Gasteiger partial charge in [0, 0.05) is 31.2 Å². The molecule has 134 valence electrons. The van der Waals surface area contributed by atoms with Crippen LogP contribution >= 0.6 is 35.3 Å². The Morgan fingerprint density at radius 2 is 2.04 bits per heavy atom. The highest BCUT2D eigenvalue weighted by Gasteiger charge is 2.05. The van der Waals surface area contributed by atoms with Crippen LogP contribution in [-0.2, 0) is 23.0 Å². The van der Waals surface area contributed by atoms with Crippen molar-refractivity contribution in [1.82, 2.24) is 20.3 Å². The van der Waals surface area contributed by atoms with Gasteiger partial charge in [-0.05, 0) is 19.8 Å². The highest BCUT2D eigenvalue weighted by Crippen LogP contribution is 2.12. The smallest absolute Gasteiger partial charge is 0.211 e. The van der Waals surface area contributed by atoms with Crippen LogP contribution in [-0.4, -0.2) is 45.3 Å². The van der Waals surface area contributed by atoms with Gasteiger partial charge in [0.25, 0.3) is 0 Å². The number of aliphatic imine (C=N–C) groups is 1. The number of aryl methyl sites for hydroxylation is 1. The second kappa shape index (κ2) is 12.0. The van der Waals surface area contributed by atoms with Crippen LogP contribution < -0.4 is 15.4 Å². The quantitative estimate of drug-likeness (QED) is 0.217. The Balaban J connectivity index is 0.00000484. The highest BCUT2D eigenvalue weighted by atomic mass is 127. The summed E-state index contributed by atoms with van der Waals surface area (Å²) in [6.45, 7) is 5.43. The summed E-state index contributed by atoms with van der Waals surface area (Å²) >= 11 is 1.69. The molecule has 7 nitrogen and oxygen atoms in total. The Morgan fingerprint density at radius 1 is 1.30 bits per heavy atom.